The molecule has 0 heterocycles. The highest BCUT2D eigenvalue weighted by Gasteiger charge is 2.18. The number of phenolic OH excluding ortho intramolecular Hbond substituents is 1. The van der Waals surface area contributed by atoms with Crippen LogP contribution in [0, 0.1) is 0 Å². The van der Waals surface area contributed by atoms with E-state index >= 15 is 0 Å². The number of aliphatic hydroxyl groups is 3. The van der Waals surface area contributed by atoms with Gasteiger partial charge in [0, 0.05) is 16.7 Å². The summed E-state index contributed by atoms with van der Waals surface area (Å²) in [5.74, 6) is -3.17. The van der Waals surface area contributed by atoms with Crippen LogP contribution in [0.15, 0.2) is 36.5 Å². The van der Waals surface area contributed by atoms with Gasteiger partial charge in [-0.3, -0.25) is 0 Å². The van der Waals surface area contributed by atoms with Crippen LogP contribution in [0.1, 0.15) is 20.8 Å². The Labute approximate surface area is 232 Å². The summed E-state index contributed by atoms with van der Waals surface area (Å²) in [5, 5.41) is 56.7. The van der Waals surface area contributed by atoms with Crippen LogP contribution in [0.3, 0.4) is 0 Å². The van der Waals surface area contributed by atoms with Gasteiger partial charge in [-0.05, 0) is 20.8 Å². The van der Waals surface area contributed by atoms with Crippen molar-refractivity contribution in [3.63, 3.8) is 0 Å². The van der Waals surface area contributed by atoms with Gasteiger partial charge in [0.2, 0.25) is 0 Å². The molecular formula is C21H27Cl5O10. The molecule has 1 aromatic carbocycles. The first kappa shape index (κ1) is 41.1. The fourth-order valence-electron chi connectivity index (χ4n) is 0.651. The van der Waals surface area contributed by atoms with Crippen molar-refractivity contribution in [1.82, 2.24) is 0 Å². The quantitative estimate of drug-likeness (QED) is 0.135. The number of hydrogen-bond donors (Lipinski definition) is 7. The van der Waals surface area contributed by atoms with Gasteiger partial charge < -0.3 is 35.7 Å². The normalized spacial score (nSPS) is 8.89. The van der Waals surface area contributed by atoms with Gasteiger partial charge in [-0.15, -0.1) is 0 Å². The summed E-state index contributed by atoms with van der Waals surface area (Å²) >= 11 is 27.9. The van der Waals surface area contributed by atoms with E-state index in [0.29, 0.717) is 0 Å². The van der Waals surface area contributed by atoms with Gasteiger partial charge in [0.15, 0.2) is 5.75 Å². The van der Waals surface area contributed by atoms with Gasteiger partial charge >= 0.3 is 17.9 Å². The Morgan fingerprint density at radius 3 is 0.917 bits per heavy atom. The molecule has 0 unspecified atom stereocenters. The second-order valence-corrected chi connectivity index (χ2v) is 8.08. The lowest BCUT2D eigenvalue weighted by atomic mass is 10.3. The Hall–Kier alpha value is -2.02. The van der Waals surface area contributed by atoms with E-state index in [1.165, 1.54) is 20.8 Å². The largest absolute Gasteiger partial charge is 0.505 e. The molecule has 0 aliphatic carbocycles. The molecule has 1 rings (SSSR count). The van der Waals surface area contributed by atoms with Crippen LogP contribution in [0.2, 0.25) is 25.1 Å². The number of halogens is 5. The Morgan fingerprint density at radius 2 is 0.806 bits per heavy atom. The minimum Gasteiger partial charge on any atom is -0.505 e. The highest BCUT2D eigenvalue weighted by Crippen LogP contribution is 2.47. The van der Waals surface area contributed by atoms with Crippen molar-refractivity contribution in [3.05, 3.63) is 61.6 Å². The summed E-state index contributed by atoms with van der Waals surface area (Å²) < 4.78 is 0. The molecular weight excluding hydrogens is 589 g/mol. The number of aromatic hydroxyl groups is 1. The molecule has 1 aromatic rings. The second-order valence-electron chi connectivity index (χ2n) is 6.19. The molecule has 0 fully saturated rings. The van der Waals surface area contributed by atoms with Gasteiger partial charge in [0.1, 0.15) is 16.1 Å². The number of carboxylic acid groups (broad SMARTS) is 3. The summed E-state index contributed by atoms with van der Waals surface area (Å²) in [6, 6.07) is 0. The lowest BCUT2D eigenvalue weighted by Crippen LogP contribution is -2.15. The molecule has 0 saturated carbocycles. The van der Waals surface area contributed by atoms with E-state index in [4.69, 9.17) is 88.6 Å². The van der Waals surface area contributed by atoms with Crippen molar-refractivity contribution in [2.24, 2.45) is 0 Å². The molecule has 0 saturated heterocycles. The molecule has 0 amide bonds. The number of benzene rings is 1. The summed E-state index contributed by atoms with van der Waals surface area (Å²) in [6.45, 7) is 13.1. The van der Waals surface area contributed by atoms with Crippen LogP contribution in [-0.2, 0) is 14.4 Å². The van der Waals surface area contributed by atoms with E-state index < -0.39 is 24.0 Å². The number of rotatable bonds is 5. The monoisotopic (exact) mass is 614 g/mol. The average Bonchev–Trinajstić information content (AvgIpc) is 2.81. The topological polar surface area (TPSA) is 193 Å². The number of aliphatic carboxylic acids is 3. The first-order valence-electron chi connectivity index (χ1n) is 8.97. The number of phenols is 1. The molecule has 0 atom stereocenters. The first-order valence-corrected chi connectivity index (χ1v) is 10.9. The van der Waals surface area contributed by atoms with Gasteiger partial charge in [-0.2, -0.15) is 0 Å². The molecule has 15 heteroatoms. The molecule has 36 heavy (non-hydrogen) atoms. The summed E-state index contributed by atoms with van der Waals surface area (Å²) in [7, 11) is 0. The maximum Gasteiger partial charge on any atom is 0.330 e. The molecule has 206 valence electrons. The van der Waals surface area contributed by atoms with E-state index in [9.17, 15) is 19.5 Å². The predicted octanol–water partition coefficient (Wildman–Crippen LogP) is 4.93. The third kappa shape index (κ3) is 21.3. The zero-order chi connectivity index (χ0) is 29.9. The van der Waals surface area contributed by atoms with Crippen molar-refractivity contribution in [2.75, 3.05) is 13.2 Å². The lowest BCUT2D eigenvalue weighted by molar-refractivity contribution is -0.133. The third-order valence-corrected chi connectivity index (χ3v) is 4.96. The highest BCUT2D eigenvalue weighted by molar-refractivity contribution is 6.55. The number of hydrogen-bond acceptors (Lipinski definition) is 7. The zero-order valence-electron chi connectivity index (χ0n) is 19.4. The highest BCUT2D eigenvalue weighted by atomic mass is 35.5. The van der Waals surface area contributed by atoms with E-state index in [-0.39, 0.29) is 60.8 Å². The van der Waals surface area contributed by atoms with Gasteiger partial charge in [-0.1, -0.05) is 77.7 Å². The third-order valence-electron chi connectivity index (χ3n) is 2.70. The molecule has 0 aromatic heterocycles. The molecule has 7 N–H and O–H groups in total. The summed E-state index contributed by atoms with van der Waals surface area (Å²) in [4.78, 5) is 28.8. The van der Waals surface area contributed by atoms with Gasteiger partial charge in [0.05, 0.1) is 28.3 Å². The van der Waals surface area contributed by atoms with Crippen molar-refractivity contribution in [1.29, 1.82) is 0 Å². The summed E-state index contributed by atoms with van der Waals surface area (Å²) in [5.41, 5.74) is 0.528. The fraction of sp³-hybridized carbons (Fsp3) is 0.286. The standard InChI is InChI=1S/C6HCl5O.3C4H6O2.C3H8O3/c7-1-2(8)4(10)6(12)5(11)3(1)9;3*1-3(2)4(5)6;4-1-3(6)2-5/h12H;3*1H2,2H3,(H,5,6);3-6H,1-2H2. The van der Waals surface area contributed by atoms with Crippen molar-refractivity contribution >= 4 is 75.9 Å². The minimum absolute atomic E-state index is 0.00904. The Morgan fingerprint density at radius 1 is 0.639 bits per heavy atom. The van der Waals surface area contributed by atoms with E-state index in [1.807, 2.05) is 0 Å². The van der Waals surface area contributed by atoms with Crippen molar-refractivity contribution < 1.29 is 50.1 Å². The summed E-state index contributed by atoms with van der Waals surface area (Å²) in [6.07, 6.45) is -0.954. The van der Waals surface area contributed by atoms with Crippen molar-refractivity contribution in [2.45, 2.75) is 26.9 Å². The molecule has 0 aliphatic heterocycles. The Kier molecular flexibility index (Phi) is 25.4. The molecule has 0 radical (unpaired) electrons. The SMILES string of the molecule is C=C(C)C(=O)O.C=C(C)C(=O)O.C=C(C)C(=O)O.OCC(O)CO.Oc1c(Cl)c(Cl)c(Cl)c(Cl)c1Cl. The van der Waals surface area contributed by atoms with Crippen LogP contribution < -0.4 is 0 Å². The van der Waals surface area contributed by atoms with Crippen LogP contribution >= 0.6 is 58.0 Å². The molecule has 10 nitrogen and oxygen atoms in total. The van der Waals surface area contributed by atoms with Crippen LogP contribution in [0.4, 0.5) is 0 Å². The number of carboxylic acids is 3. The molecule has 0 bridgehead atoms. The smallest absolute Gasteiger partial charge is 0.330 e. The van der Waals surface area contributed by atoms with E-state index in [1.54, 1.807) is 0 Å². The first-order chi connectivity index (χ1) is 16.2. The van der Waals surface area contributed by atoms with E-state index in [2.05, 4.69) is 19.7 Å². The fourth-order valence-corrected chi connectivity index (χ4v) is 1.78. The van der Waals surface area contributed by atoms with Crippen LogP contribution in [-0.4, -0.2) is 73.0 Å². The Bertz CT molecular complexity index is 730. The predicted molar refractivity (Wildman–Crippen MR) is 141 cm³/mol. The average molecular weight is 617 g/mol. The maximum atomic E-state index is 9.60. The van der Waals surface area contributed by atoms with Crippen molar-refractivity contribution in [3.8, 4) is 5.75 Å². The lowest BCUT2D eigenvalue weighted by Gasteiger charge is -2.06. The molecule has 0 aliphatic rings. The molecule has 0 spiro atoms. The second kappa shape index (κ2) is 22.2. The minimum atomic E-state index is -0.954. The van der Waals surface area contributed by atoms with Gasteiger partial charge in [-0.25, -0.2) is 14.4 Å². The number of aliphatic hydroxyl groups excluding tert-OH is 3. The Balaban J connectivity index is -0.000000187. The zero-order valence-corrected chi connectivity index (χ0v) is 23.1. The van der Waals surface area contributed by atoms with E-state index in [0.717, 1.165) is 0 Å². The van der Waals surface area contributed by atoms with Crippen LogP contribution in [0.25, 0.3) is 0 Å². The number of carbonyl (C=O) groups is 3. The van der Waals surface area contributed by atoms with Crippen LogP contribution in [0.5, 0.6) is 5.75 Å². The maximum absolute atomic E-state index is 9.60. The van der Waals surface area contributed by atoms with Gasteiger partial charge in [0.25, 0.3) is 0 Å².